The minimum absolute atomic E-state index is 0.108. The highest BCUT2D eigenvalue weighted by Crippen LogP contribution is 2.44. The Balaban J connectivity index is 1.61. The Bertz CT molecular complexity index is 1170. The van der Waals surface area contributed by atoms with Gasteiger partial charge >= 0.3 is 6.03 Å². The van der Waals surface area contributed by atoms with E-state index in [4.69, 9.17) is 4.74 Å². The zero-order valence-corrected chi connectivity index (χ0v) is 18.7. The summed E-state index contributed by atoms with van der Waals surface area (Å²) in [7, 11) is 3.89. The zero-order valence-electron chi connectivity index (χ0n) is 18.7. The lowest BCUT2D eigenvalue weighted by Gasteiger charge is -2.36. The maximum absolute atomic E-state index is 13.5. The molecule has 3 amide bonds. The van der Waals surface area contributed by atoms with E-state index in [9.17, 15) is 9.59 Å². The van der Waals surface area contributed by atoms with Crippen LogP contribution in [0.4, 0.5) is 4.79 Å². The van der Waals surface area contributed by atoms with Crippen LogP contribution in [0.3, 0.4) is 0 Å². The fourth-order valence-corrected chi connectivity index (χ4v) is 4.89. The third-order valence-electron chi connectivity index (χ3n) is 6.41. The quantitative estimate of drug-likeness (QED) is 0.606. The van der Waals surface area contributed by atoms with Gasteiger partial charge in [-0.15, -0.1) is 0 Å². The van der Waals surface area contributed by atoms with Gasteiger partial charge in [-0.1, -0.05) is 30.3 Å². The molecule has 0 saturated carbocycles. The van der Waals surface area contributed by atoms with Gasteiger partial charge in [-0.3, -0.25) is 14.6 Å². The fourth-order valence-electron chi connectivity index (χ4n) is 4.89. The molecule has 3 heterocycles. The number of likely N-dealkylation sites (N-methyl/N-ethyl adjacent to an activating group) is 1. The Morgan fingerprint density at radius 2 is 1.84 bits per heavy atom. The molecule has 0 spiro atoms. The number of aromatic amines is 1. The minimum Gasteiger partial charge on any atom is -0.494 e. The Morgan fingerprint density at radius 3 is 2.56 bits per heavy atom. The molecule has 0 bridgehead atoms. The summed E-state index contributed by atoms with van der Waals surface area (Å²) >= 11 is 0. The molecule has 1 aromatic heterocycles. The molecule has 1 saturated heterocycles. The molecule has 3 aromatic rings. The molecule has 5 rings (SSSR count). The highest BCUT2D eigenvalue weighted by atomic mass is 16.5. The molecule has 2 aliphatic rings. The first kappa shape index (κ1) is 20.6. The van der Waals surface area contributed by atoms with E-state index in [1.807, 2.05) is 68.4 Å². The monoisotopic (exact) mass is 432 g/mol. The van der Waals surface area contributed by atoms with Crippen molar-refractivity contribution in [3.05, 3.63) is 65.4 Å². The van der Waals surface area contributed by atoms with Crippen LogP contribution in [0, 0.1) is 0 Å². The van der Waals surface area contributed by atoms with Gasteiger partial charge in [0.1, 0.15) is 17.8 Å². The van der Waals surface area contributed by atoms with Crippen LogP contribution < -0.4 is 4.74 Å². The van der Waals surface area contributed by atoms with E-state index in [2.05, 4.69) is 11.1 Å². The van der Waals surface area contributed by atoms with E-state index in [1.54, 1.807) is 4.90 Å². The number of H-pyrrole nitrogens is 1. The predicted molar refractivity (Wildman–Crippen MR) is 123 cm³/mol. The second kappa shape index (κ2) is 7.98. The van der Waals surface area contributed by atoms with E-state index in [0.29, 0.717) is 26.1 Å². The first-order chi connectivity index (χ1) is 15.5. The minimum atomic E-state index is -0.493. The fraction of sp³-hybridized carbons (Fsp3) is 0.360. The largest absolute Gasteiger partial charge is 0.494 e. The van der Waals surface area contributed by atoms with E-state index in [-0.39, 0.29) is 18.0 Å². The maximum Gasteiger partial charge on any atom is 0.328 e. The molecule has 1 fully saturated rings. The van der Waals surface area contributed by atoms with Gasteiger partial charge in [-0.2, -0.15) is 0 Å². The number of benzene rings is 2. The van der Waals surface area contributed by atoms with E-state index >= 15 is 0 Å². The molecule has 2 aliphatic heterocycles. The summed E-state index contributed by atoms with van der Waals surface area (Å²) in [6, 6.07) is 14.9. The zero-order chi connectivity index (χ0) is 22.4. The molecule has 166 valence electrons. The average Bonchev–Trinajstić information content (AvgIpc) is 3.27. The Morgan fingerprint density at radius 1 is 1.09 bits per heavy atom. The average molecular weight is 433 g/mol. The van der Waals surface area contributed by atoms with Gasteiger partial charge < -0.3 is 14.6 Å². The third kappa shape index (κ3) is 3.24. The number of carbonyl (C=O) groups excluding carboxylic acids is 2. The molecular weight excluding hydrogens is 404 g/mol. The van der Waals surface area contributed by atoms with Crippen molar-refractivity contribution in [2.45, 2.75) is 25.4 Å². The number of urea groups is 1. The number of ether oxygens (including phenoxy) is 1. The summed E-state index contributed by atoms with van der Waals surface area (Å²) in [6.07, 6.45) is 0.524. The van der Waals surface area contributed by atoms with Crippen molar-refractivity contribution in [1.82, 2.24) is 19.7 Å². The predicted octanol–water partition coefficient (Wildman–Crippen LogP) is 3.41. The topological polar surface area (TPSA) is 68.9 Å². The van der Waals surface area contributed by atoms with Gasteiger partial charge in [0.25, 0.3) is 5.91 Å². The number of aromatic nitrogens is 1. The molecule has 7 heteroatoms. The highest BCUT2D eigenvalue weighted by Gasteiger charge is 2.52. The Kier molecular flexibility index (Phi) is 5.13. The van der Waals surface area contributed by atoms with Crippen molar-refractivity contribution in [2.24, 2.45) is 0 Å². The van der Waals surface area contributed by atoms with Crippen LogP contribution in [0.25, 0.3) is 10.9 Å². The van der Waals surface area contributed by atoms with E-state index < -0.39 is 6.04 Å². The van der Waals surface area contributed by atoms with Crippen LogP contribution in [-0.2, 0) is 11.2 Å². The first-order valence-electron chi connectivity index (χ1n) is 11.1. The number of rotatable bonds is 6. The van der Waals surface area contributed by atoms with Crippen molar-refractivity contribution < 1.29 is 14.3 Å². The van der Waals surface area contributed by atoms with Crippen molar-refractivity contribution in [3.63, 3.8) is 0 Å². The molecule has 2 atom stereocenters. The summed E-state index contributed by atoms with van der Waals surface area (Å²) < 4.78 is 5.61. The number of imide groups is 1. The van der Waals surface area contributed by atoms with Crippen LogP contribution >= 0.6 is 0 Å². The first-order valence-corrected chi connectivity index (χ1v) is 11.1. The van der Waals surface area contributed by atoms with Gasteiger partial charge in [-0.05, 0) is 50.3 Å². The molecule has 32 heavy (non-hydrogen) atoms. The van der Waals surface area contributed by atoms with Crippen LogP contribution in [0.1, 0.15) is 29.8 Å². The van der Waals surface area contributed by atoms with Crippen LogP contribution in [-0.4, -0.2) is 71.5 Å². The summed E-state index contributed by atoms with van der Waals surface area (Å²) in [5, 5.41) is 1.12. The molecule has 2 aromatic carbocycles. The molecule has 0 unspecified atom stereocenters. The van der Waals surface area contributed by atoms with Crippen molar-refractivity contribution in [1.29, 1.82) is 0 Å². The van der Waals surface area contributed by atoms with Gasteiger partial charge in [0.15, 0.2) is 0 Å². The van der Waals surface area contributed by atoms with Crippen LogP contribution in [0.5, 0.6) is 5.75 Å². The summed E-state index contributed by atoms with van der Waals surface area (Å²) in [5.74, 6) is 0.681. The molecular formula is C25H28N4O3. The Hall–Kier alpha value is -3.32. The lowest BCUT2D eigenvalue weighted by atomic mass is 9.89. The molecule has 0 aliphatic carbocycles. The SMILES string of the molecule is CCOc1ccc([C@H]2c3[nH]c4ccccc4c3C[C@@H]3C(=O)N(CCN(C)C)C(=O)N23)cc1. The number of amides is 3. The number of nitrogens with zero attached hydrogens (tertiary/aromatic N) is 3. The van der Waals surface area contributed by atoms with Crippen molar-refractivity contribution in [2.75, 3.05) is 33.8 Å². The third-order valence-corrected chi connectivity index (χ3v) is 6.41. The maximum atomic E-state index is 13.5. The normalized spacial score (nSPS) is 20.2. The number of nitrogens with one attached hydrogen (secondary N) is 1. The second-order valence-electron chi connectivity index (χ2n) is 8.67. The van der Waals surface area contributed by atoms with Gasteiger partial charge in [0.2, 0.25) is 0 Å². The van der Waals surface area contributed by atoms with Gasteiger partial charge in [0, 0.05) is 36.1 Å². The number of hydrogen-bond acceptors (Lipinski definition) is 4. The molecule has 1 N–H and O–H groups in total. The summed E-state index contributed by atoms with van der Waals surface area (Å²) in [4.78, 5) is 35.6. The number of carbonyl (C=O) groups is 2. The Labute approximate surface area is 187 Å². The van der Waals surface area contributed by atoms with Gasteiger partial charge in [-0.25, -0.2) is 4.79 Å². The van der Waals surface area contributed by atoms with E-state index in [0.717, 1.165) is 33.5 Å². The summed E-state index contributed by atoms with van der Waals surface area (Å²) in [5.41, 5.74) is 4.10. The van der Waals surface area contributed by atoms with Crippen molar-refractivity contribution >= 4 is 22.8 Å². The van der Waals surface area contributed by atoms with Gasteiger partial charge in [0.05, 0.1) is 6.61 Å². The summed E-state index contributed by atoms with van der Waals surface area (Å²) in [6.45, 7) is 3.58. The number of fused-ring (bicyclic) bond motifs is 4. The lowest BCUT2D eigenvalue weighted by Crippen LogP contribution is -2.44. The van der Waals surface area contributed by atoms with Crippen molar-refractivity contribution in [3.8, 4) is 5.75 Å². The van der Waals surface area contributed by atoms with E-state index in [1.165, 1.54) is 4.90 Å². The standard InChI is InChI=1S/C25H28N4O3/c1-4-32-17-11-9-16(10-12-17)23-22-19(18-7-5-6-8-20(18)26-22)15-21-24(30)28(14-13-27(2)3)25(31)29(21)23/h5-12,21,23,26H,4,13-15H2,1-3H3/t21-,23+/m1/s1. The smallest absolute Gasteiger partial charge is 0.328 e. The van der Waals surface area contributed by atoms with Crippen LogP contribution in [0.2, 0.25) is 0 Å². The molecule has 7 nitrogen and oxygen atoms in total. The lowest BCUT2D eigenvalue weighted by molar-refractivity contribution is -0.128. The van der Waals surface area contributed by atoms with Crippen LogP contribution in [0.15, 0.2) is 48.5 Å². The second-order valence-corrected chi connectivity index (χ2v) is 8.67. The molecule has 0 radical (unpaired) electrons. The number of para-hydroxylation sites is 1. The highest BCUT2D eigenvalue weighted by molar-refractivity contribution is 6.05. The number of hydrogen-bond donors (Lipinski definition) is 1.